The molecule has 4 rings (SSSR count). The average Bonchev–Trinajstić information content (AvgIpc) is 3.00. The summed E-state index contributed by atoms with van der Waals surface area (Å²) < 4.78 is 45.1. The number of benzene rings is 1. The van der Waals surface area contributed by atoms with Crippen LogP contribution in [0.25, 0.3) is 0 Å². The first-order chi connectivity index (χ1) is 13.5. The second-order valence-electron chi connectivity index (χ2n) is 7.14. The first kappa shape index (κ1) is 19.0. The van der Waals surface area contributed by atoms with Crippen molar-refractivity contribution in [3.8, 4) is 17.2 Å². The first-order valence-corrected chi connectivity index (χ1v) is 10.8. The van der Waals surface area contributed by atoms with Gasteiger partial charge < -0.3 is 14.2 Å². The zero-order valence-electron chi connectivity index (χ0n) is 15.9. The lowest BCUT2D eigenvalue weighted by molar-refractivity contribution is 0.0952. The zero-order chi connectivity index (χ0) is 19.7. The van der Waals surface area contributed by atoms with E-state index in [0.717, 1.165) is 18.6 Å². The van der Waals surface area contributed by atoms with E-state index in [1.165, 1.54) is 14.2 Å². The van der Waals surface area contributed by atoms with Crippen LogP contribution in [-0.4, -0.2) is 50.1 Å². The minimum atomic E-state index is -3.68. The van der Waals surface area contributed by atoms with Gasteiger partial charge in [-0.15, -0.1) is 0 Å². The van der Waals surface area contributed by atoms with Crippen LogP contribution in [0.4, 0.5) is 0 Å². The summed E-state index contributed by atoms with van der Waals surface area (Å²) in [5.41, 5.74) is 0. The maximum atomic E-state index is 13.4. The van der Waals surface area contributed by atoms with Gasteiger partial charge in [-0.2, -0.15) is 4.31 Å². The molecule has 1 aromatic carbocycles. The number of rotatable bonds is 6. The summed E-state index contributed by atoms with van der Waals surface area (Å²) in [7, 11) is -0.671. The summed E-state index contributed by atoms with van der Waals surface area (Å²) in [5, 5.41) is 0. The molecule has 2 atom stereocenters. The predicted molar refractivity (Wildman–Crippen MR) is 103 cm³/mol. The van der Waals surface area contributed by atoms with Gasteiger partial charge in [0.25, 0.3) is 0 Å². The number of methoxy groups -OCH3 is 2. The van der Waals surface area contributed by atoms with Crippen LogP contribution in [0.5, 0.6) is 17.2 Å². The number of hydrogen-bond donors (Lipinski definition) is 0. The van der Waals surface area contributed by atoms with E-state index in [0.29, 0.717) is 24.3 Å². The van der Waals surface area contributed by atoms with Gasteiger partial charge in [0.15, 0.2) is 0 Å². The van der Waals surface area contributed by atoms with E-state index in [9.17, 15) is 8.42 Å². The van der Waals surface area contributed by atoms with Crippen LogP contribution in [0.2, 0.25) is 0 Å². The Morgan fingerprint density at radius 2 is 1.79 bits per heavy atom. The highest BCUT2D eigenvalue weighted by Crippen LogP contribution is 2.42. The molecule has 8 heteroatoms. The molecule has 2 fully saturated rings. The summed E-state index contributed by atoms with van der Waals surface area (Å²) >= 11 is 0. The summed E-state index contributed by atoms with van der Waals surface area (Å²) in [6.07, 6.45) is 6.41. The quantitative estimate of drug-likeness (QED) is 0.737. The lowest BCUT2D eigenvalue weighted by Crippen LogP contribution is -2.49. The molecule has 3 heterocycles. The van der Waals surface area contributed by atoms with Crippen molar-refractivity contribution >= 4 is 10.0 Å². The molecule has 0 aliphatic carbocycles. The second-order valence-corrected chi connectivity index (χ2v) is 8.95. The molecular formula is C20H24N2O5S. The minimum absolute atomic E-state index is 0.00841. The van der Waals surface area contributed by atoms with E-state index in [1.54, 1.807) is 34.9 Å². The van der Waals surface area contributed by atoms with Crippen molar-refractivity contribution in [3.63, 3.8) is 0 Å². The monoisotopic (exact) mass is 404 g/mol. The number of aromatic nitrogens is 1. The maximum absolute atomic E-state index is 13.4. The highest BCUT2D eigenvalue weighted by molar-refractivity contribution is 7.89. The number of ether oxygens (including phenoxy) is 3. The summed E-state index contributed by atoms with van der Waals surface area (Å²) in [6, 6.07) is 8.38. The molecule has 0 saturated carbocycles. The molecule has 2 unspecified atom stereocenters. The van der Waals surface area contributed by atoms with Crippen LogP contribution in [0, 0.1) is 0 Å². The molecule has 2 aromatic rings. The van der Waals surface area contributed by atoms with Crippen LogP contribution >= 0.6 is 0 Å². The van der Waals surface area contributed by atoms with Crippen molar-refractivity contribution in [2.24, 2.45) is 0 Å². The van der Waals surface area contributed by atoms with Gasteiger partial charge in [0.1, 0.15) is 28.2 Å². The predicted octanol–water partition coefficient (Wildman–Crippen LogP) is 2.86. The Hall–Kier alpha value is -2.32. The molecule has 2 aliphatic rings. The van der Waals surface area contributed by atoms with Gasteiger partial charge in [-0.25, -0.2) is 8.42 Å². The molecule has 2 bridgehead atoms. The number of piperidine rings is 1. The maximum Gasteiger partial charge on any atom is 0.247 e. The van der Waals surface area contributed by atoms with Crippen molar-refractivity contribution in [1.82, 2.24) is 9.29 Å². The highest BCUT2D eigenvalue weighted by Gasteiger charge is 2.48. The Bertz CT molecular complexity index is 921. The third-order valence-electron chi connectivity index (χ3n) is 5.49. The van der Waals surface area contributed by atoms with E-state index < -0.39 is 10.0 Å². The Kier molecular flexibility index (Phi) is 5.16. The molecule has 2 saturated heterocycles. The van der Waals surface area contributed by atoms with E-state index in [-0.39, 0.29) is 23.1 Å². The number of sulfonamides is 1. The molecule has 150 valence electrons. The zero-order valence-corrected chi connectivity index (χ0v) is 16.8. The lowest BCUT2D eigenvalue weighted by atomic mass is 10.0. The van der Waals surface area contributed by atoms with Crippen LogP contribution in [-0.2, 0) is 10.0 Å². The van der Waals surface area contributed by atoms with Gasteiger partial charge >= 0.3 is 0 Å². The fourth-order valence-electron chi connectivity index (χ4n) is 4.28. The van der Waals surface area contributed by atoms with Gasteiger partial charge in [0.05, 0.1) is 20.4 Å². The molecule has 0 spiro atoms. The highest BCUT2D eigenvalue weighted by atomic mass is 32.2. The van der Waals surface area contributed by atoms with Crippen molar-refractivity contribution in [2.45, 2.75) is 48.8 Å². The van der Waals surface area contributed by atoms with Crippen molar-refractivity contribution in [2.75, 3.05) is 14.2 Å². The minimum Gasteiger partial charge on any atom is -0.497 e. The summed E-state index contributed by atoms with van der Waals surface area (Å²) in [4.78, 5) is 4.26. The largest absolute Gasteiger partial charge is 0.497 e. The van der Waals surface area contributed by atoms with Crippen LogP contribution < -0.4 is 14.2 Å². The molecule has 0 N–H and O–H groups in total. The fourth-order valence-corrected chi connectivity index (χ4v) is 6.32. The van der Waals surface area contributed by atoms with Gasteiger partial charge in [0, 0.05) is 37.2 Å². The Balaban J connectivity index is 1.57. The van der Waals surface area contributed by atoms with Crippen LogP contribution in [0.1, 0.15) is 25.7 Å². The standard InChI is InChI=1S/C20H24N2O5S/c1-25-16-7-8-20(19(12-16)26-2)28(23,24)22-14-5-6-15(22)11-18(10-14)27-17-4-3-9-21-13-17/h3-4,7-9,12-15,18H,5-6,10-11H2,1-2H3. The van der Waals surface area contributed by atoms with Crippen molar-refractivity contribution < 1.29 is 22.6 Å². The number of pyridine rings is 1. The van der Waals surface area contributed by atoms with Gasteiger partial charge in [-0.05, 0) is 37.1 Å². The first-order valence-electron chi connectivity index (χ1n) is 9.35. The smallest absolute Gasteiger partial charge is 0.247 e. The molecule has 7 nitrogen and oxygen atoms in total. The number of fused-ring (bicyclic) bond motifs is 2. The Morgan fingerprint density at radius 1 is 1.04 bits per heavy atom. The van der Waals surface area contributed by atoms with Gasteiger partial charge in [-0.1, -0.05) is 0 Å². The molecule has 0 amide bonds. The number of hydrogen-bond acceptors (Lipinski definition) is 6. The van der Waals surface area contributed by atoms with E-state index in [1.807, 2.05) is 12.1 Å². The fraction of sp³-hybridized carbons (Fsp3) is 0.450. The normalized spacial score (nSPS) is 24.7. The summed E-state index contributed by atoms with van der Waals surface area (Å²) in [6.45, 7) is 0. The molecule has 1 aromatic heterocycles. The van der Waals surface area contributed by atoms with Crippen LogP contribution in [0.15, 0.2) is 47.6 Å². The van der Waals surface area contributed by atoms with Crippen molar-refractivity contribution in [3.05, 3.63) is 42.7 Å². The molecule has 2 aliphatic heterocycles. The Morgan fingerprint density at radius 3 is 2.39 bits per heavy atom. The average molecular weight is 404 g/mol. The van der Waals surface area contributed by atoms with E-state index in [4.69, 9.17) is 14.2 Å². The van der Waals surface area contributed by atoms with Crippen LogP contribution in [0.3, 0.4) is 0 Å². The third kappa shape index (κ3) is 3.42. The lowest BCUT2D eigenvalue weighted by Gasteiger charge is -2.38. The van der Waals surface area contributed by atoms with E-state index >= 15 is 0 Å². The van der Waals surface area contributed by atoms with Crippen molar-refractivity contribution in [1.29, 1.82) is 0 Å². The van der Waals surface area contributed by atoms with Gasteiger partial charge in [0.2, 0.25) is 10.0 Å². The second kappa shape index (κ2) is 7.60. The number of nitrogens with zero attached hydrogens (tertiary/aromatic N) is 2. The molecular weight excluding hydrogens is 380 g/mol. The molecule has 0 radical (unpaired) electrons. The SMILES string of the molecule is COc1ccc(S(=O)(=O)N2C3CCC2CC(Oc2cccnc2)C3)c(OC)c1. The topological polar surface area (TPSA) is 78.0 Å². The Labute approximate surface area is 165 Å². The van der Waals surface area contributed by atoms with E-state index in [2.05, 4.69) is 4.98 Å². The summed E-state index contributed by atoms with van der Waals surface area (Å²) in [5.74, 6) is 1.58. The third-order valence-corrected chi connectivity index (χ3v) is 7.53. The van der Waals surface area contributed by atoms with Gasteiger partial charge in [-0.3, -0.25) is 4.98 Å². The molecule has 28 heavy (non-hydrogen) atoms.